The summed E-state index contributed by atoms with van der Waals surface area (Å²) < 4.78 is 0. The van der Waals surface area contributed by atoms with Crippen LogP contribution in [0.5, 0.6) is 0 Å². The van der Waals surface area contributed by atoms with Gasteiger partial charge in [-0.25, -0.2) is 5.01 Å². The fraction of sp³-hybridized carbons (Fsp3) is 1.00. The third kappa shape index (κ3) is 3.09. The van der Waals surface area contributed by atoms with E-state index in [1.807, 2.05) is 5.01 Å². The summed E-state index contributed by atoms with van der Waals surface area (Å²) in [5.41, 5.74) is 0. The van der Waals surface area contributed by atoms with Gasteiger partial charge in [0.15, 0.2) is 0 Å². The molecule has 0 spiro atoms. The maximum atomic E-state index is 5.85. The van der Waals surface area contributed by atoms with E-state index in [0.29, 0.717) is 6.04 Å². The zero-order chi connectivity index (χ0) is 8.81. The van der Waals surface area contributed by atoms with E-state index in [4.69, 9.17) is 5.84 Å². The Balaban J connectivity index is 2.11. The number of hydrogen-bond donors (Lipinski definition) is 2. The van der Waals surface area contributed by atoms with Crippen LogP contribution in [0.25, 0.3) is 0 Å². The van der Waals surface area contributed by atoms with E-state index < -0.39 is 0 Å². The maximum Gasteiger partial charge on any atom is 0.0366 e. The molecule has 0 amide bonds. The number of unbranched alkanes of at least 4 members (excludes halogenated alkanes) is 2. The highest BCUT2D eigenvalue weighted by Gasteiger charge is 2.17. The number of nitrogens with two attached hydrogens (primary N) is 1. The van der Waals surface area contributed by atoms with Crippen LogP contribution in [0.2, 0.25) is 0 Å². The smallest absolute Gasteiger partial charge is 0.0366 e. The Kier molecular flexibility index (Phi) is 4.58. The van der Waals surface area contributed by atoms with Crippen molar-refractivity contribution < 1.29 is 0 Å². The topological polar surface area (TPSA) is 41.3 Å². The van der Waals surface area contributed by atoms with Gasteiger partial charge < -0.3 is 5.32 Å². The molecule has 0 aromatic carbocycles. The molecule has 12 heavy (non-hydrogen) atoms. The van der Waals surface area contributed by atoms with Gasteiger partial charge in [0.1, 0.15) is 0 Å². The van der Waals surface area contributed by atoms with Gasteiger partial charge in [-0.15, -0.1) is 0 Å². The van der Waals surface area contributed by atoms with Crippen LogP contribution in [0.15, 0.2) is 0 Å². The largest absolute Gasteiger partial charge is 0.314 e. The minimum absolute atomic E-state index is 0.574. The first-order valence-corrected chi connectivity index (χ1v) is 5.06. The Labute approximate surface area is 75.3 Å². The van der Waals surface area contributed by atoms with E-state index in [2.05, 4.69) is 12.2 Å². The first-order valence-electron chi connectivity index (χ1n) is 5.06. The fourth-order valence-corrected chi connectivity index (χ4v) is 1.67. The zero-order valence-electron chi connectivity index (χ0n) is 8.05. The van der Waals surface area contributed by atoms with Gasteiger partial charge in [0.05, 0.1) is 0 Å². The normalized spacial score (nSPS) is 26.0. The van der Waals surface area contributed by atoms with Gasteiger partial charge in [-0.2, -0.15) is 0 Å². The molecule has 72 valence electrons. The molecule has 1 fully saturated rings. The number of piperazine rings is 1. The van der Waals surface area contributed by atoms with Crippen LogP contribution in [0.4, 0.5) is 0 Å². The van der Waals surface area contributed by atoms with Gasteiger partial charge in [-0.3, -0.25) is 5.84 Å². The van der Waals surface area contributed by atoms with Gasteiger partial charge >= 0.3 is 0 Å². The van der Waals surface area contributed by atoms with Crippen molar-refractivity contribution in [2.75, 3.05) is 19.6 Å². The first-order chi connectivity index (χ1) is 5.84. The molecule has 0 aromatic rings. The molecule has 3 N–H and O–H groups in total. The van der Waals surface area contributed by atoms with Crippen LogP contribution in [0, 0.1) is 0 Å². The van der Waals surface area contributed by atoms with E-state index >= 15 is 0 Å². The predicted molar refractivity (Wildman–Crippen MR) is 51.7 cm³/mol. The number of nitrogens with zero attached hydrogens (tertiary/aromatic N) is 1. The highest BCUT2D eigenvalue weighted by molar-refractivity contribution is 4.75. The lowest BCUT2D eigenvalue weighted by atomic mass is 10.1. The summed E-state index contributed by atoms with van der Waals surface area (Å²) in [6, 6.07) is 0.574. The minimum atomic E-state index is 0.574. The number of hydrazine groups is 1. The summed E-state index contributed by atoms with van der Waals surface area (Å²) >= 11 is 0. The second-order valence-corrected chi connectivity index (χ2v) is 3.59. The molecule has 3 nitrogen and oxygen atoms in total. The second kappa shape index (κ2) is 5.51. The van der Waals surface area contributed by atoms with Crippen molar-refractivity contribution in [3.63, 3.8) is 0 Å². The third-order valence-electron chi connectivity index (χ3n) is 2.54. The van der Waals surface area contributed by atoms with Crippen molar-refractivity contribution in [1.82, 2.24) is 10.3 Å². The van der Waals surface area contributed by atoms with Crippen molar-refractivity contribution in [2.45, 2.75) is 38.6 Å². The Bertz CT molecular complexity index is 116. The Morgan fingerprint density at radius 2 is 2.33 bits per heavy atom. The maximum absolute atomic E-state index is 5.85. The molecule has 0 aliphatic carbocycles. The summed E-state index contributed by atoms with van der Waals surface area (Å²) in [5.74, 6) is 5.85. The highest BCUT2D eigenvalue weighted by Crippen LogP contribution is 2.08. The van der Waals surface area contributed by atoms with E-state index in [1.165, 1.54) is 25.7 Å². The molecule has 3 heteroatoms. The SMILES string of the molecule is CCCCCC1CNCCN1N. The summed E-state index contributed by atoms with van der Waals surface area (Å²) in [6.07, 6.45) is 5.20. The molecular weight excluding hydrogens is 150 g/mol. The van der Waals surface area contributed by atoms with E-state index in [-0.39, 0.29) is 0 Å². The monoisotopic (exact) mass is 171 g/mol. The molecule has 1 saturated heterocycles. The van der Waals surface area contributed by atoms with Crippen molar-refractivity contribution in [1.29, 1.82) is 0 Å². The first kappa shape index (κ1) is 9.96. The van der Waals surface area contributed by atoms with Crippen molar-refractivity contribution in [3.8, 4) is 0 Å². The second-order valence-electron chi connectivity index (χ2n) is 3.59. The lowest BCUT2D eigenvalue weighted by molar-refractivity contribution is 0.153. The average molecular weight is 171 g/mol. The van der Waals surface area contributed by atoms with Gasteiger partial charge in [0.25, 0.3) is 0 Å². The Morgan fingerprint density at radius 3 is 3.00 bits per heavy atom. The molecule has 0 saturated carbocycles. The van der Waals surface area contributed by atoms with Gasteiger partial charge in [-0.05, 0) is 6.42 Å². The molecule has 1 unspecified atom stereocenters. The van der Waals surface area contributed by atoms with Crippen molar-refractivity contribution in [2.24, 2.45) is 5.84 Å². The third-order valence-corrected chi connectivity index (χ3v) is 2.54. The van der Waals surface area contributed by atoms with Crippen LogP contribution in [-0.2, 0) is 0 Å². The number of rotatable bonds is 4. The van der Waals surface area contributed by atoms with Crippen LogP contribution in [0.3, 0.4) is 0 Å². The number of hydrogen-bond acceptors (Lipinski definition) is 3. The quantitative estimate of drug-likeness (QED) is 0.483. The van der Waals surface area contributed by atoms with Crippen LogP contribution >= 0.6 is 0 Å². The van der Waals surface area contributed by atoms with Crippen LogP contribution in [-0.4, -0.2) is 30.7 Å². The Hall–Kier alpha value is -0.120. The molecular formula is C9H21N3. The summed E-state index contributed by atoms with van der Waals surface area (Å²) in [7, 11) is 0. The Morgan fingerprint density at radius 1 is 1.50 bits per heavy atom. The van der Waals surface area contributed by atoms with Crippen LogP contribution < -0.4 is 11.2 Å². The van der Waals surface area contributed by atoms with Gasteiger partial charge in [-0.1, -0.05) is 26.2 Å². The molecule has 0 radical (unpaired) electrons. The minimum Gasteiger partial charge on any atom is -0.314 e. The zero-order valence-corrected chi connectivity index (χ0v) is 8.05. The van der Waals surface area contributed by atoms with E-state index in [0.717, 1.165) is 19.6 Å². The van der Waals surface area contributed by atoms with Crippen LogP contribution in [0.1, 0.15) is 32.6 Å². The molecule has 1 heterocycles. The lowest BCUT2D eigenvalue weighted by Crippen LogP contribution is -2.54. The summed E-state index contributed by atoms with van der Waals surface area (Å²) in [4.78, 5) is 0. The lowest BCUT2D eigenvalue weighted by Gasteiger charge is -2.32. The standard InChI is InChI=1S/C9H21N3/c1-2-3-4-5-9-8-11-6-7-12(9)10/h9,11H,2-8,10H2,1H3. The summed E-state index contributed by atoms with van der Waals surface area (Å²) in [5, 5.41) is 5.36. The molecule has 0 aromatic heterocycles. The molecule has 1 rings (SSSR count). The molecule has 1 aliphatic heterocycles. The van der Waals surface area contributed by atoms with Crippen molar-refractivity contribution in [3.05, 3.63) is 0 Å². The molecule has 1 atom stereocenters. The highest BCUT2D eigenvalue weighted by atomic mass is 15.4. The predicted octanol–water partition coefficient (Wildman–Crippen LogP) is 0.714. The van der Waals surface area contributed by atoms with Crippen molar-refractivity contribution >= 4 is 0 Å². The fourth-order valence-electron chi connectivity index (χ4n) is 1.67. The summed E-state index contributed by atoms with van der Waals surface area (Å²) in [6.45, 7) is 5.34. The van der Waals surface area contributed by atoms with Gasteiger partial charge in [0, 0.05) is 25.7 Å². The number of nitrogens with one attached hydrogen (secondary N) is 1. The average Bonchev–Trinajstić information content (AvgIpc) is 2.09. The van der Waals surface area contributed by atoms with Gasteiger partial charge in [0.2, 0.25) is 0 Å². The van der Waals surface area contributed by atoms with E-state index in [1.54, 1.807) is 0 Å². The molecule has 1 aliphatic rings. The molecule has 0 bridgehead atoms. The van der Waals surface area contributed by atoms with E-state index in [9.17, 15) is 0 Å².